The van der Waals surface area contributed by atoms with Crippen LogP contribution in [0.15, 0.2) is 0 Å². The van der Waals surface area contributed by atoms with Crippen LogP contribution in [0.1, 0.15) is 62.0 Å². The van der Waals surface area contributed by atoms with E-state index in [9.17, 15) is 0 Å². The largest absolute Gasteiger partial charge is 0.375 e. The highest BCUT2D eigenvalue weighted by atomic mass is 32.1. The first-order valence-corrected chi connectivity index (χ1v) is 8.80. The number of aryl methyl sites for hydroxylation is 2. The smallest absolute Gasteiger partial charge is 0.113 e. The summed E-state index contributed by atoms with van der Waals surface area (Å²) in [7, 11) is 0. The summed E-state index contributed by atoms with van der Waals surface area (Å²) < 4.78 is 6.05. The molecule has 1 saturated heterocycles. The molecule has 3 nitrogen and oxygen atoms in total. The Balaban J connectivity index is 1.94. The number of nitrogens with zero attached hydrogens (tertiary/aromatic N) is 1. The van der Waals surface area contributed by atoms with E-state index < -0.39 is 0 Å². The molecule has 1 aliphatic carbocycles. The van der Waals surface area contributed by atoms with Gasteiger partial charge < -0.3 is 10.1 Å². The van der Waals surface area contributed by atoms with E-state index in [1.54, 1.807) is 0 Å². The van der Waals surface area contributed by atoms with E-state index >= 15 is 0 Å². The normalized spacial score (nSPS) is 33.4. The Labute approximate surface area is 126 Å². The number of fused-ring (bicyclic) bond motifs is 1. The lowest BCUT2D eigenvalue weighted by atomic mass is 9.79. The third-order valence-electron chi connectivity index (χ3n) is 4.92. The molecule has 112 valence electrons. The Hall–Kier alpha value is -0.450. The molecule has 2 aliphatic rings. The van der Waals surface area contributed by atoms with Crippen molar-refractivity contribution in [3.63, 3.8) is 0 Å². The average molecular weight is 294 g/mol. The molecular weight excluding hydrogens is 268 g/mol. The topological polar surface area (TPSA) is 34.2 Å². The number of aromatic nitrogens is 1. The molecule has 2 atom stereocenters. The van der Waals surface area contributed by atoms with Crippen LogP contribution in [0.4, 0.5) is 0 Å². The molecule has 20 heavy (non-hydrogen) atoms. The van der Waals surface area contributed by atoms with Crippen LogP contribution in [0.25, 0.3) is 0 Å². The summed E-state index contributed by atoms with van der Waals surface area (Å²) in [6.45, 7) is 8.50. The number of rotatable bonds is 4. The van der Waals surface area contributed by atoms with Gasteiger partial charge in [-0.25, -0.2) is 4.98 Å². The molecule has 4 heteroatoms. The minimum absolute atomic E-state index is 0.0173. The maximum Gasteiger partial charge on any atom is 0.113 e. The maximum atomic E-state index is 6.05. The zero-order valence-electron chi connectivity index (χ0n) is 12.9. The Morgan fingerprint density at radius 2 is 2.20 bits per heavy atom. The van der Waals surface area contributed by atoms with Gasteiger partial charge in [0.25, 0.3) is 0 Å². The Kier molecular flexibility index (Phi) is 3.91. The van der Waals surface area contributed by atoms with Crippen LogP contribution >= 0.6 is 11.3 Å². The molecule has 0 radical (unpaired) electrons. The van der Waals surface area contributed by atoms with Gasteiger partial charge in [0.1, 0.15) is 5.01 Å². The zero-order valence-corrected chi connectivity index (χ0v) is 13.7. The number of hydrogen-bond donors (Lipinski definition) is 1. The van der Waals surface area contributed by atoms with Crippen LogP contribution in [-0.2, 0) is 23.1 Å². The minimum Gasteiger partial charge on any atom is -0.375 e. The summed E-state index contributed by atoms with van der Waals surface area (Å²) in [5.74, 6) is 0. The molecule has 0 bridgehead atoms. The number of hydrogen-bond acceptors (Lipinski definition) is 4. The van der Waals surface area contributed by atoms with Crippen molar-refractivity contribution in [3.8, 4) is 0 Å². The third kappa shape index (κ3) is 2.42. The summed E-state index contributed by atoms with van der Waals surface area (Å²) in [6, 6.07) is 0. The standard InChI is InChI=1S/C16H26N2OS/c1-4-15(3)11-16(17-5-2,9-10-19-15)14-18-12-7-6-8-13(12)20-14/h17H,4-11H2,1-3H3. The van der Waals surface area contributed by atoms with Crippen molar-refractivity contribution in [1.29, 1.82) is 0 Å². The van der Waals surface area contributed by atoms with Crippen LogP contribution in [0.2, 0.25) is 0 Å². The number of ether oxygens (including phenoxy) is 1. The Morgan fingerprint density at radius 1 is 1.35 bits per heavy atom. The van der Waals surface area contributed by atoms with E-state index in [0.29, 0.717) is 0 Å². The molecule has 2 unspecified atom stereocenters. The molecular formula is C16H26N2OS. The SMILES string of the molecule is CCNC1(c2nc3c(s2)CCC3)CCOC(C)(CC)C1. The summed E-state index contributed by atoms with van der Waals surface area (Å²) >= 11 is 1.95. The molecule has 0 aromatic carbocycles. The van der Waals surface area contributed by atoms with Gasteiger partial charge in [0, 0.05) is 17.9 Å². The highest BCUT2D eigenvalue weighted by Gasteiger charge is 2.45. The van der Waals surface area contributed by atoms with E-state index in [4.69, 9.17) is 9.72 Å². The highest BCUT2D eigenvalue weighted by molar-refractivity contribution is 7.12. The molecule has 1 N–H and O–H groups in total. The maximum absolute atomic E-state index is 6.05. The van der Waals surface area contributed by atoms with E-state index in [0.717, 1.165) is 32.4 Å². The van der Waals surface area contributed by atoms with Crippen molar-refractivity contribution < 1.29 is 4.74 Å². The van der Waals surface area contributed by atoms with Gasteiger partial charge in [-0.2, -0.15) is 0 Å². The van der Waals surface area contributed by atoms with E-state index in [1.807, 2.05) is 11.3 Å². The fourth-order valence-corrected chi connectivity index (χ4v) is 4.96. The van der Waals surface area contributed by atoms with Gasteiger partial charge in [-0.1, -0.05) is 13.8 Å². The van der Waals surface area contributed by atoms with Gasteiger partial charge in [0.2, 0.25) is 0 Å². The molecule has 2 heterocycles. The van der Waals surface area contributed by atoms with Crippen molar-refractivity contribution in [2.24, 2.45) is 0 Å². The second kappa shape index (κ2) is 5.39. The molecule has 0 spiro atoms. The summed E-state index contributed by atoms with van der Waals surface area (Å²) in [5.41, 5.74) is 1.38. The second-order valence-corrected chi connectivity index (χ2v) is 7.52. The van der Waals surface area contributed by atoms with Crippen molar-refractivity contribution in [2.75, 3.05) is 13.2 Å². The fourth-order valence-electron chi connectivity index (χ4n) is 3.62. The van der Waals surface area contributed by atoms with E-state index in [1.165, 1.54) is 34.8 Å². The highest BCUT2D eigenvalue weighted by Crippen LogP contribution is 2.44. The van der Waals surface area contributed by atoms with Crippen molar-refractivity contribution >= 4 is 11.3 Å². The van der Waals surface area contributed by atoms with Gasteiger partial charge >= 0.3 is 0 Å². The van der Waals surface area contributed by atoms with Gasteiger partial charge in [-0.15, -0.1) is 11.3 Å². The van der Waals surface area contributed by atoms with Crippen molar-refractivity contribution in [3.05, 3.63) is 15.6 Å². The lowest BCUT2D eigenvalue weighted by Crippen LogP contribution is -2.53. The molecule has 1 fully saturated rings. The van der Waals surface area contributed by atoms with E-state index in [2.05, 4.69) is 26.1 Å². The molecule has 0 amide bonds. The molecule has 3 rings (SSSR count). The lowest BCUT2D eigenvalue weighted by molar-refractivity contribution is -0.103. The minimum atomic E-state index is -0.0173. The first-order chi connectivity index (χ1) is 9.61. The van der Waals surface area contributed by atoms with Gasteiger partial charge in [0.15, 0.2) is 0 Å². The van der Waals surface area contributed by atoms with Crippen LogP contribution in [0, 0.1) is 0 Å². The number of thiazole rings is 1. The second-order valence-electron chi connectivity index (χ2n) is 6.43. The zero-order chi connectivity index (χ0) is 14.2. The lowest BCUT2D eigenvalue weighted by Gasteiger charge is -2.45. The van der Waals surface area contributed by atoms with Gasteiger partial charge in [-0.3, -0.25) is 0 Å². The predicted octanol–water partition coefficient (Wildman–Crippen LogP) is 3.42. The van der Waals surface area contributed by atoms with Crippen LogP contribution in [-0.4, -0.2) is 23.7 Å². The van der Waals surface area contributed by atoms with Crippen LogP contribution in [0.5, 0.6) is 0 Å². The van der Waals surface area contributed by atoms with Crippen LogP contribution in [0.3, 0.4) is 0 Å². The van der Waals surface area contributed by atoms with Gasteiger partial charge in [-0.05, 0) is 45.6 Å². The average Bonchev–Trinajstić information content (AvgIpc) is 3.00. The first-order valence-electron chi connectivity index (χ1n) is 7.99. The number of nitrogens with one attached hydrogen (secondary N) is 1. The predicted molar refractivity (Wildman–Crippen MR) is 83.4 cm³/mol. The first kappa shape index (κ1) is 14.5. The summed E-state index contributed by atoms with van der Waals surface area (Å²) in [5, 5.41) is 5.07. The van der Waals surface area contributed by atoms with Crippen LogP contribution < -0.4 is 5.32 Å². The van der Waals surface area contributed by atoms with Crippen molar-refractivity contribution in [2.45, 2.75) is 70.4 Å². The molecule has 1 aromatic rings. The summed E-state index contributed by atoms with van der Waals surface area (Å²) in [6.07, 6.45) is 6.84. The quantitative estimate of drug-likeness (QED) is 0.924. The molecule has 1 aromatic heterocycles. The van der Waals surface area contributed by atoms with E-state index in [-0.39, 0.29) is 11.1 Å². The Bertz CT molecular complexity index is 461. The van der Waals surface area contributed by atoms with Crippen molar-refractivity contribution in [1.82, 2.24) is 10.3 Å². The fraction of sp³-hybridized carbons (Fsp3) is 0.812. The Morgan fingerprint density at radius 3 is 2.90 bits per heavy atom. The molecule has 1 aliphatic heterocycles. The summed E-state index contributed by atoms with van der Waals surface area (Å²) in [4.78, 5) is 6.54. The van der Waals surface area contributed by atoms with Gasteiger partial charge in [0.05, 0.1) is 16.8 Å². The third-order valence-corrected chi connectivity index (χ3v) is 6.28. The molecule has 0 saturated carbocycles. The monoisotopic (exact) mass is 294 g/mol.